The molecule has 3 rings (SSSR count). The zero-order valence-electron chi connectivity index (χ0n) is 14.1. The lowest BCUT2D eigenvalue weighted by Crippen LogP contribution is -2.10. The molecule has 0 aliphatic rings. The Balaban J connectivity index is 1.87. The number of alkyl halides is 3. The number of ether oxygens (including phenoxy) is 1. The Labute approximate surface area is 163 Å². The highest BCUT2D eigenvalue weighted by Crippen LogP contribution is 2.34. The summed E-state index contributed by atoms with van der Waals surface area (Å²) in [4.78, 5) is 7.71. The molecule has 1 heterocycles. The molecule has 1 aromatic heterocycles. The van der Waals surface area contributed by atoms with Gasteiger partial charge < -0.3 is 4.74 Å². The van der Waals surface area contributed by atoms with E-state index in [-0.39, 0.29) is 21.8 Å². The van der Waals surface area contributed by atoms with Crippen molar-refractivity contribution in [3.63, 3.8) is 0 Å². The van der Waals surface area contributed by atoms with Gasteiger partial charge in [0.2, 0.25) is 5.88 Å². The molecule has 0 spiro atoms. The first-order valence-electron chi connectivity index (χ1n) is 7.88. The minimum absolute atomic E-state index is 0.0200. The van der Waals surface area contributed by atoms with Crippen molar-refractivity contribution >= 4 is 23.4 Å². The van der Waals surface area contributed by atoms with Gasteiger partial charge in [-0.2, -0.15) is 18.2 Å². The second-order valence-electron chi connectivity index (χ2n) is 5.68. The summed E-state index contributed by atoms with van der Waals surface area (Å²) in [5.41, 5.74) is 0.974. The second-order valence-corrected chi connectivity index (χ2v) is 7.03. The van der Waals surface area contributed by atoms with Gasteiger partial charge >= 0.3 is 6.18 Å². The number of halogens is 4. The molecule has 0 radical (unpaired) electrons. The third-order valence-electron chi connectivity index (χ3n) is 3.47. The van der Waals surface area contributed by atoms with Crippen LogP contribution in [-0.2, 0) is 11.9 Å². The van der Waals surface area contributed by atoms with Gasteiger partial charge in [0.1, 0.15) is 5.75 Å². The Morgan fingerprint density at radius 3 is 2.52 bits per heavy atom. The van der Waals surface area contributed by atoms with Crippen molar-refractivity contribution in [3.8, 4) is 11.6 Å². The number of nitrogens with zero attached hydrogens (tertiary/aromatic N) is 2. The predicted octanol–water partition coefficient (Wildman–Crippen LogP) is 6.54. The summed E-state index contributed by atoms with van der Waals surface area (Å²) < 4.78 is 45.1. The standard InChI is InChI=1S/C19H14ClF3N2OS/c1-12-5-4-6-13(9-12)11-27-18-24-16(19(21,22)23)10-17(25-18)26-15-8-3-2-7-14(15)20/h2-10H,11H2,1H3. The van der Waals surface area contributed by atoms with Crippen LogP contribution in [0.25, 0.3) is 0 Å². The van der Waals surface area contributed by atoms with Crippen molar-refractivity contribution in [2.45, 2.75) is 24.0 Å². The fraction of sp³-hybridized carbons (Fsp3) is 0.158. The highest BCUT2D eigenvalue weighted by atomic mass is 35.5. The molecule has 8 heteroatoms. The lowest BCUT2D eigenvalue weighted by atomic mass is 10.2. The molecule has 2 aromatic carbocycles. The predicted molar refractivity (Wildman–Crippen MR) is 99.3 cm³/mol. The summed E-state index contributed by atoms with van der Waals surface area (Å²) in [6, 6.07) is 15.0. The van der Waals surface area contributed by atoms with Crippen LogP contribution in [-0.4, -0.2) is 9.97 Å². The van der Waals surface area contributed by atoms with Crippen molar-refractivity contribution in [2.24, 2.45) is 0 Å². The van der Waals surface area contributed by atoms with Crippen molar-refractivity contribution in [2.75, 3.05) is 0 Å². The van der Waals surface area contributed by atoms with Crippen LogP contribution in [0.15, 0.2) is 59.8 Å². The zero-order valence-corrected chi connectivity index (χ0v) is 15.7. The van der Waals surface area contributed by atoms with Gasteiger partial charge in [-0.15, -0.1) is 0 Å². The molecule has 140 valence electrons. The third kappa shape index (κ3) is 5.37. The summed E-state index contributed by atoms with van der Waals surface area (Å²) in [6.45, 7) is 1.95. The molecular weight excluding hydrogens is 397 g/mol. The monoisotopic (exact) mass is 410 g/mol. The van der Waals surface area contributed by atoms with Gasteiger partial charge in [0.15, 0.2) is 10.9 Å². The van der Waals surface area contributed by atoms with E-state index in [1.807, 2.05) is 31.2 Å². The SMILES string of the molecule is Cc1cccc(CSc2nc(Oc3ccccc3Cl)cc(C(F)(F)F)n2)c1. The fourth-order valence-electron chi connectivity index (χ4n) is 2.26. The molecule has 3 aromatic rings. The molecule has 0 bridgehead atoms. The van der Waals surface area contributed by atoms with Gasteiger partial charge in [0.05, 0.1) is 5.02 Å². The lowest BCUT2D eigenvalue weighted by molar-refractivity contribution is -0.141. The van der Waals surface area contributed by atoms with Crippen LogP contribution in [0.5, 0.6) is 11.6 Å². The number of hydrogen-bond acceptors (Lipinski definition) is 4. The van der Waals surface area contributed by atoms with Crippen LogP contribution < -0.4 is 4.74 Å². The van der Waals surface area contributed by atoms with E-state index in [1.54, 1.807) is 24.3 Å². The van der Waals surface area contributed by atoms with Crippen LogP contribution in [0, 0.1) is 6.92 Å². The maximum atomic E-state index is 13.2. The van der Waals surface area contributed by atoms with Crippen molar-refractivity contribution < 1.29 is 17.9 Å². The maximum absolute atomic E-state index is 13.2. The summed E-state index contributed by atoms with van der Waals surface area (Å²) in [6.07, 6.45) is -4.61. The van der Waals surface area contributed by atoms with Crippen LogP contribution in [0.3, 0.4) is 0 Å². The van der Waals surface area contributed by atoms with Gasteiger partial charge in [-0.1, -0.05) is 65.3 Å². The average Bonchev–Trinajstić information content (AvgIpc) is 2.61. The Hall–Kier alpha value is -2.25. The van der Waals surface area contributed by atoms with E-state index in [2.05, 4.69) is 9.97 Å². The van der Waals surface area contributed by atoms with Crippen LogP contribution in [0.1, 0.15) is 16.8 Å². The minimum atomic E-state index is -4.61. The van der Waals surface area contributed by atoms with Gasteiger partial charge in [0.25, 0.3) is 0 Å². The first kappa shape index (κ1) is 19.5. The number of aromatic nitrogens is 2. The smallest absolute Gasteiger partial charge is 0.433 e. The van der Waals surface area contributed by atoms with Gasteiger partial charge in [-0.3, -0.25) is 0 Å². The van der Waals surface area contributed by atoms with Gasteiger partial charge in [-0.05, 0) is 24.6 Å². The average molecular weight is 411 g/mol. The molecule has 0 aliphatic carbocycles. The quantitative estimate of drug-likeness (QED) is 0.353. The number of hydrogen-bond donors (Lipinski definition) is 0. The summed E-state index contributed by atoms with van der Waals surface area (Å²) in [5.74, 6) is 0.451. The maximum Gasteiger partial charge on any atom is 0.433 e. The number of rotatable bonds is 5. The Kier molecular flexibility index (Phi) is 5.92. The molecule has 0 unspecified atom stereocenters. The summed E-state index contributed by atoms with van der Waals surface area (Å²) in [7, 11) is 0. The highest BCUT2D eigenvalue weighted by Gasteiger charge is 2.34. The van der Waals surface area contributed by atoms with Crippen molar-refractivity contribution in [1.82, 2.24) is 9.97 Å². The Morgan fingerprint density at radius 2 is 1.81 bits per heavy atom. The van der Waals surface area contributed by atoms with E-state index in [0.29, 0.717) is 5.75 Å². The number of aryl methyl sites for hydroxylation is 1. The highest BCUT2D eigenvalue weighted by molar-refractivity contribution is 7.98. The van der Waals surface area contributed by atoms with Crippen LogP contribution in [0.4, 0.5) is 13.2 Å². The largest absolute Gasteiger partial charge is 0.437 e. The fourth-order valence-corrected chi connectivity index (χ4v) is 3.22. The van der Waals surface area contributed by atoms with Crippen LogP contribution >= 0.6 is 23.4 Å². The van der Waals surface area contributed by atoms with Gasteiger partial charge in [-0.25, -0.2) is 4.98 Å². The van der Waals surface area contributed by atoms with E-state index in [1.165, 1.54) is 0 Å². The van der Waals surface area contributed by atoms with Crippen molar-refractivity contribution in [3.05, 3.63) is 76.4 Å². The van der Waals surface area contributed by atoms with E-state index in [9.17, 15) is 13.2 Å². The number of thioether (sulfide) groups is 1. The molecule has 0 saturated carbocycles. The first-order chi connectivity index (χ1) is 12.8. The molecule has 27 heavy (non-hydrogen) atoms. The number of benzene rings is 2. The van der Waals surface area contributed by atoms with E-state index in [0.717, 1.165) is 29.0 Å². The Morgan fingerprint density at radius 1 is 1.04 bits per heavy atom. The molecular formula is C19H14ClF3N2OS. The van der Waals surface area contributed by atoms with Gasteiger partial charge in [0, 0.05) is 11.8 Å². The Bertz CT molecular complexity index is 950. The molecule has 0 atom stereocenters. The van der Waals surface area contributed by atoms with E-state index >= 15 is 0 Å². The second kappa shape index (κ2) is 8.19. The topological polar surface area (TPSA) is 35.0 Å². The minimum Gasteiger partial charge on any atom is -0.437 e. The van der Waals surface area contributed by atoms with Crippen molar-refractivity contribution in [1.29, 1.82) is 0 Å². The first-order valence-corrected chi connectivity index (χ1v) is 9.24. The molecule has 0 N–H and O–H groups in total. The zero-order chi connectivity index (χ0) is 19.4. The molecule has 0 amide bonds. The molecule has 0 saturated heterocycles. The van der Waals surface area contributed by atoms with E-state index in [4.69, 9.17) is 16.3 Å². The lowest BCUT2D eigenvalue weighted by Gasteiger charge is -2.11. The molecule has 0 aliphatic heterocycles. The molecule has 0 fully saturated rings. The molecule has 3 nitrogen and oxygen atoms in total. The third-order valence-corrected chi connectivity index (χ3v) is 4.70. The van der Waals surface area contributed by atoms with E-state index < -0.39 is 11.9 Å². The van der Waals surface area contributed by atoms with Crippen LogP contribution in [0.2, 0.25) is 5.02 Å². The number of para-hydroxylation sites is 1. The summed E-state index contributed by atoms with van der Waals surface area (Å²) >= 11 is 7.11. The normalized spacial score (nSPS) is 11.4. The summed E-state index contributed by atoms with van der Waals surface area (Å²) in [5, 5.41) is 0.256.